The van der Waals surface area contributed by atoms with Crippen molar-refractivity contribution in [1.82, 2.24) is 0 Å². The Morgan fingerprint density at radius 2 is 1.50 bits per heavy atom. The molecule has 5 heteroatoms. The molecular formula is C27H25F3O2. The molecule has 1 saturated heterocycles. The smallest absolute Gasteiger partial charge is 0.176 e. The summed E-state index contributed by atoms with van der Waals surface area (Å²) in [5.74, 6) is -2.14. The Morgan fingerprint density at radius 3 is 2.12 bits per heavy atom. The number of halogens is 3. The van der Waals surface area contributed by atoms with E-state index in [4.69, 9.17) is 9.47 Å². The molecule has 0 aromatic heterocycles. The van der Waals surface area contributed by atoms with Gasteiger partial charge in [0.1, 0.15) is 5.82 Å². The number of hydrogen-bond acceptors (Lipinski definition) is 2. The summed E-state index contributed by atoms with van der Waals surface area (Å²) in [6.07, 6.45) is 3.72. The summed E-state index contributed by atoms with van der Waals surface area (Å²) in [4.78, 5) is 0. The first-order valence-electron chi connectivity index (χ1n) is 10.7. The van der Waals surface area contributed by atoms with Crippen molar-refractivity contribution in [2.45, 2.75) is 32.5 Å². The van der Waals surface area contributed by atoms with Gasteiger partial charge in [0.05, 0.1) is 13.2 Å². The van der Waals surface area contributed by atoms with Crippen LogP contribution in [0.3, 0.4) is 0 Å². The molecule has 0 aliphatic carbocycles. The van der Waals surface area contributed by atoms with Crippen LogP contribution in [0, 0.1) is 17.5 Å². The summed E-state index contributed by atoms with van der Waals surface area (Å²) in [6, 6.07) is 15.3. The Labute approximate surface area is 186 Å². The molecule has 0 unspecified atom stereocenters. The third-order valence-electron chi connectivity index (χ3n) is 5.79. The zero-order valence-corrected chi connectivity index (χ0v) is 18.1. The molecule has 166 valence electrons. The van der Waals surface area contributed by atoms with Gasteiger partial charge in [0.2, 0.25) is 0 Å². The fourth-order valence-corrected chi connectivity index (χ4v) is 3.93. The zero-order valence-electron chi connectivity index (χ0n) is 18.1. The molecule has 2 nitrogen and oxygen atoms in total. The third-order valence-corrected chi connectivity index (χ3v) is 5.79. The number of benzene rings is 3. The predicted octanol–water partition coefficient (Wildman–Crippen LogP) is 7.03. The van der Waals surface area contributed by atoms with Crippen LogP contribution >= 0.6 is 0 Å². The number of rotatable bonds is 5. The number of allylic oxidation sites excluding steroid dienone is 1. The van der Waals surface area contributed by atoms with Crippen LogP contribution in [0.25, 0.3) is 22.3 Å². The highest BCUT2D eigenvalue weighted by atomic mass is 19.2. The Morgan fingerprint density at radius 1 is 0.844 bits per heavy atom. The van der Waals surface area contributed by atoms with Crippen LogP contribution in [-0.2, 0) is 15.9 Å². The van der Waals surface area contributed by atoms with Crippen LogP contribution in [0.15, 0.2) is 66.7 Å². The molecule has 1 aliphatic heterocycles. The molecule has 1 aliphatic rings. The Balaban J connectivity index is 1.53. The van der Waals surface area contributed by atoms with Gasteiger partial charge in [-0.3, -0.25) is 0 Å². The van der Waals surface area contributed by atoms with E-state index in [0.29, 0.717) is 41.9 Å². The topological polar surface area (TPSA) is 18.5 Å². The maximum absolute atomic E-state index is 14.9. The highest BCUT2D eigenvalue weighted by molar-refractivity contribution is 5.71. The molecule has 3 aromatic rings. The fraction of sp³-hybridized carbons (Fsp3) is 0.259. The number of ether oxygens (including phenoxy) is 2. The summed E-state index contributed by atoms with van der Waals surface area (Å²) in [7, 11) is 0. The highest BCUT2D eigenvalue weighted by Gasteiger charge is 2.24. The van der Waals surface area contributed by atoms with Crippen molar-refractivity contribution in [2.24, 2.45) is 0 Å². The zero-order chi connectivity index (χ0) is 22.7. The Hall–Kier alpha value is -2.89. The first-order valence-corrected chi connectivity index (χ1v) is 10.7. The lowest BCUT2D eigenvalue weighted by molar-refractivity contribution is -0.159. The normalized spacial score (nSPS) is 18.9. The molecule has 1 heterocycles. The minimum absolute atomic E-state index is 0.170. The van der Waals surface area contributed by atoms with Gasteiger partial charge in [0.15, 0.2) is 17.9 Å². The summed E-state index contributed by atoms with van der Waals surface area (Å²) >= 11 is 0. The summed E-state index contributed by atoms with van der Waals surface area (Å²) in [5, 5.41) is 0. The summed E-state index contributed by atoms with van der Waals surface area (Å²) in [5.41, 5.74) is 3.17. The molecule has 0 spiro atoms. The van der Waals surface area contributed by atoms with Crippen LogP contribution in [0.5, 0.6) is 0 Å². The van der Waals surface area contributed by atoms with Gasteiger partial charge in [-0.1, -0.05) is 61.5 Å². The van der Waals surface area contributed by atoms with Gasteiger partial charge >= 0.3 is 0 Å². The van der Waals surface area contributed by atoms with Gasteiger partial charge in [-0.25, -0.2) is 13.2 Å². The van der Waals surface area contributed by atoms with Crippen molar-refractivity contribution in [3.8, 4) is 22.3 Å². The van der Waals surface area contributed by atoms with Crippen molar-refractivity contribution in [3.63, 3.8) is 0 Å². The van der Waals surface area contributed by atoms with E-state index < -0.39 is 11.6 Å². The minimum Gasteiger partial charge on any atom is -0.348 e. The molecule has 3 aromatic carbocycles. The lowest BCUT2D eigenvalue weighted by Crippen LogP contribution is -2.29. The second kappa shape index (κ2) is 9.72. The lowest BCUT2D eigenvalue weighted by atomic mass is 9.95. The van der Waals surface area contributed by atoms with E-state index in [1.54, 1.807) is 49.4 Å². The lowest BCUT2D eigenvalue weighted by Gasteiger charge is -2.28. The van der Waals surface area contributed by atoms with Gasteiger partial charge in [-0.2, -0.15) is 0 Å². The van der Waals surface area contributed by atoms with Crippen molar-refractivity contribution in [1.29, 1.82) is 0 Å². The van der Waals surface area contributed by atoms with E-state index in [1.165, 1.54) is 6.07 Å². The van der Waals surface area contributed by atoms with Gasteiger partial charge in [0, 0.05) is 11.5 Å². The third kappa shape index (κ3) is 4.50. The van der Waals surface area contributed by atoms with Gasteiger partial charge in [-0.15, -0.1) is 0 Å². The molecule has 4 rings (SSSR count). The molecule has 32 heavy (non-hydrogen) atoms. The van der Waals surface area contributed by atoms with E-state index in [1.807, 2.05) is 25.1 Å². The standard InChI is InChI=1S/C27H25F3O2/c1-3-5-25-31-15-21(16-32-25)22-12-11-20(14-24(22)28)18-6-8-19(9-7-18)23-13-10-17(4-2)26(29)27(23)30/h3,5-14,21,25H,4,15-16H2,1-2H3. The average molecular weight is 438 g/mol. The SMILES string of the molecule is CC=CC1OCC(c2ccc(-c3ccc(-c4ccc(CC)c(F)c4F)cc3)cc2F)CO1. The van der Waals surface area contributed by atoms with Crippen LogP contribution < -0.4 is 0 Å². The van der Waals surface area contributed by atoms with E-state index in [2.05, 4.69) is 0 Å². The van der Waals surface area contributed by atoms with Crippen LogP contribution in [-0.4, -0.2) is 19.5 Å². The van der Waals surface area contributed by atoms with E-state index in [-0.39, 0.29) is 23.6 Å². The molecule has 0 bridgehead atoms. The van der Waals surface area contributed by atoms with Crippen molar-refractivity contribution >= 4 is 0 Å². The van der Waals surface area contributed by atoms with Crippen molar-refractivity contribution < 1.29 is 22.6 Å². The van der Waals surface area contributed by atoms with Crippen LogP contribution in [0.2, 0.25) is 0 Å². The van der Waals surface area contributed by atoms with Crippen LogP contribution in [0.4, 0.5) is 13.2 Å². The largest absolute Gasteiger partial charge is 0.348 e. The molecular weight excluding hydrogens is 413 g/mol. The van der Waals surface area contributed by atoms with Crippen LogP contribution in [0.1, 0.15) is 30.9 Å². The fourth-order valence-electron chi connectivity index (χ4n) is 3.93. The minimum atomic E-state index is -0.846. The summed E-state index contributed by atoms with van der Waals surface area (Å²) < 4.78 is 54.7. The van der Waals surface area contributed by atoms with Gasteiger partial charge in [-0.05, 0) is 53.3 Å². The number of aryl methyl sites for hydroxylation is 1. The van der Waals surface area contributed by atoms with E-state index in [9.17, 15) is 13.2 Å². The second-order valence-corrected chi connectivity index (χ2v) is 7.83. The second-order valence-electron chi connectivity index (χ2n) is 7.83. The monoisotopic (exact) mass is 438 g/mol. The molecule has 0 N–H and O–H groups in total. The Kier molecular flexibility index (Phi) is 6.77. The van der Waals surface area contributed by atoms with Gasteiger partial charge < -0.3 is 9.47 Å². The Bertz CT molecular complexity index is 1110. The van der Waals surface area contributed by atoms with E-state index >= 15 is 0 Å². The summed E-state index contributed by atoms with van der Waals surface area (Å²) in [6.45, 7) is 4.45. The molecule has 0 saturated carbocycles. The first kappa shape index (κ1) is 22.3. The first-order chi connectivity index (χ1) is 15.5. The quantitative estimate of drug-likeness (QED) is 0.398. The maximum atomic E-state index is 14.9. The molecule has 1 fully saturated rings. The molecule has 0 radical (unpaired) electrons. The molecule has 0 amide bonds. The molecule has 0 atom stereocenters. The predicted molar refractivity (Wildman–Crippen MR) is 120 cm³/mol. The van der Waals surface area contributed by atoms with Crippen molar-refractivity contribution in [3.05, 3.63) is 95.3 Å². The average Bonchev–Trinajstić information content (AvgIpc) is 2.82. The van der Waals surface area contributed by atoms with Crippen molar-refractivity contribution in [2.75, 3.05) is 13.2 Å². The number of hydrogen-bond donors (Lipinski definition) is 0. The highest BCUT2D eigenvalue weighted by Crippen LogP contribution is 2.31. The van der Waals surface area contributed by atoms with E-state index in [0.717, 1.165) is 5.56 Å². The van der Waals surface area contributed by atoms with Gasteiger partial charge in [0.25, 0.3) is 0 Å². The maximum Gasteiger partial charge on any atom is 0.176 e.